The Morgan fingerprint density at radius 2 is 2.17 bits per heavy atom. The molecule has 70 valence electrons. The van der Waals surface area contributed by atoms with E-state index < -0.39 is 6.04 Å². The van der Waals surface area contributed by atoms with E-state index in [1.807, 2.05) is 13.8 Å². The first-order valence-electron chi connectivity index (χ1n) is 4.20. The molecule has 2 atom stereocenters. The number of rotatable bonds is 6. The maximum atomic E-state index is 11.2. The quantitative estimate of drug-likeness (QED) is 0.609. The topological polar surface area (TPSA) is 72.5 Å². The van der Waals surface area contributed by atoms with Crippen LogP contribution in [-0.2, 0) is 4.79 Å². The van der Waals surface area contributed by atoms with Crippen molar-refractivity contribution in [3.8, 4) is 0 Å². The van der Waals surface area contributed by atoms with E-state index in [-0.39, 0.29) is 24.7 Å². The number of carbonyl (C=O) groups is 1. The van der Waals surface area contributed by atoms with Crippen LogP contribution in [0.5, 0.6) is 0 Å². The number of carbonyl (C=O) groups excluding carboxylic acids is 1. The van der Waals surface area contributed by atoms with E-state index in [2.05, 4.69) is 5.18 Å². The molecule has 4 nitrogen and oxygen atoms in total. The average molecular weight is 172 g/mol. The monoisotopic (exact) mass is 172 g/mol. The summed E-state index contributed by atoms with van der Waals surface area (Å²) in [7, 11) is 0. The second-order valence-corrected chi connectivity index (χ2v) is 2.98. The molecule has 0 aliphatic carbocycles. The van der Waals surface area contributed by atoms with Gasteiger partial charge in [-0.1, -0.05) is 25.4 Å². The third kappa shape index (κ3) is 3.57. The Morgan fingerprint density at radius 1 is 1.58 bits per heavy atom. The largest absolute Gasteiger partial charge is 0.321 e. The van der Waals surface area contributed by atoms with Crippen LogP contribution in [0.15, 0.2) is 5.18 Å². The molecule has 0 amide bonds. The first-order chi connectivity index (χ1) is 5.63. The summed E-state index contributed by atoms with van der Waals surface area (Å²) in [5.74, 6) is 0.119. The van der Waals surface area contributed by atoms with Crippen LogP contribution in [0, 0.1) is 10.8 Å². The zero-order valence-electron chi connectivity index (χ0n) is 7.62. The molecule has 0 aromatic heterocycles. The number of nitroso groups, excluding NO2 is 1. The summed E-state index contributed by atoms with van der Waals surface area (Å²) in [6.07, 6.45) is 1.05. The molecule has 1 unspecified atom stereocenters. The highest BCUT2D eigenvalue weighted by Crippen LogP contribution is 2.07. The molecule has 0 aliphatic heterocycles. The zero-order valence-corrected chi connectivity index (χ0v) is 7.62. The summed E-state index contributed by atoms with van der Waals surface area (Å²) in [6.45, 7) is 3.95. The molecule has 0 saturated carbocycles. The van der Waals surface area contributed by atoms with E-state index in [1.165, 1.54) is 0 Å². The molecule has 0 spiro atoms. The normalized spacial score (nSPS) is 15.2. The van der Waals surface area contributed by atoms with Crippen LogP contribution in [0.25, 0.3) is 0 Å². The lowest BCUT2D eigenvalue weighted by Gasteiger charge is -2.15. The van der Waals surface area contributed by atoms with Gasteiger partial charge in [-0.2, -0.15) is 4.91 Å². The van der Waals surface area contributed by atoms with Gasteiger partial charge in [0.05, 0.1) is 12.6 Å². The van der Waals surface area contributed by atoms with Crippen molar-refractivity contribution < 1.29 is 4.79 Å². The third-order valence-corrected chi connectivity index (χ3v) is 2.08. The fraction of sp³-hybridized carbons (Fsp3) is 0.875. The molecule has 0 radical (unpaired) electrons. The van der Waals surface area contributed by atoms with Gasteiger partial charge in [0.25, 0.3) is 0 Å². The van der Waals surface area contributed by atoms with Gasteiger partial charge in [-0.25, -0.2) is 0 Å². The summed E-state index contributed by atoms with van der Waals surface area (Å²) in [6, 6.07) is -0.434. The van der Waals surface area contributed by atoms with E-state index >= 15 is 0 Å². The minimum absolute atomic E-state index is 0.0446. The van der Waals surface area contributed by atoms with Crippen molar-refractivity contribution in [1.82, 2.24) is 0 Å². The van der Waals surface area contributed by atoms with E-state index in [0.717, 1.165) is 6.42 Å². The zero-order chi connectivity index (χ0) is 9.56. The Hall–Kier alpha value is -0.770. The number of hydrogen-bond acceptors (Lipinski definition) is 4. The van der Waals surface area contributed by atoms with Gasteiger partial charge >= 0.3 is 0 Å². The summed E-state index contributed by atoms with van der Waals surface area (Å²) in [5.41, 5.74) is 5.62. The lowest BCUT2D eigenvalue weighted by molar-refractivity contribution is -0.121. The molecule has 0 rings (SSSR count). The van der Waals surface area contributed by atoms with Crippen LogP contribution >= 0.6 is 0 Å². The molecule has 2 N–H and O–H groups in total. The van der Waals surface area contributed by atoms with Crippen molar-refractivity contribution in [2.45, 2.75) is 32.7 Å². The van der Waals surface area contributed by atoms with Crippen molar-refractivity contribution in [2.24, 2.45) is 16.8 Å². The van der Waals surface area contributed by atoms with Crippen LogP contribution in [0.4, 0.5) is 0 Å². The predicted octanol–water partition coefficient (Wildman–Crippen LogP) is 1.09. The van der Waals surface area contributed by atoms with E-state index in [1.54, 1.807) is 0 Å². The second-order valence-electron chi connectivity index (χ2n) is 2.98. The smallest absolute Gasteiger partial charge is 0.151 e. The van der Waals surface area contributed by atoms with Gasteiger partial charge in [0.2, 0.25) is 0 Å². The standard InChI is InChI=1S/C8H16N2O2/c1-3-6(2)8(9)7(11)4-5-10-12/h6,8H,3-5,9H2,1-2H3/t6-,8?/m0/s1. The Balaban J connectivity index is 3.83. The summed E-state index contributed by atoms with van der Waals surface area (Å²) >= 11 is 0. The highest BCUT2D eigenvalue weighted by molar-refractivity contribution is 5.84. The van der Waals surface area contributed by atoms with Gasteiger partial charge in [-0.15, -0.1) is 0 Å². The van der Waals surface area contributed by atoms with Gasteiger partial charge in [0, 0.05) is 6.42 Å². The average Bonchev–Trinajstić information content (AvgIpc) is 2.11. The molecule has 0 aliphatic rings. The summed E-state index contributed by atoms with van der Waals surface area (Å²) in [5, 5.41) is 2.62. The minimum atomic E-state index is -0.434. The molecular formula is C8H16N2O2. The number of ketones is 1. The van der Waals surface area contributed by atoms with Crippen molar-refractivity contribution in [3.05, 3.63) is 4.91 Å². The fourth-order valence-corrected chi connectivity index (χ4v) is 0.894. The predicted molar refractivity (Wildman–Crippen MR) is 47.7 cm³/mol. The second kappa shape index (κ2) is 5.83. The van der Waals surface area contributed by atoms with Crippen molar-refractivity contribution in [1.29, 1.82) is 0 Å². The first kappa shape index (κ1) is 11.2. The SMILES string of the molecule is CC[C@H](C)C(N)C(=O)CCN=O. The molecule has 0 fully saturated rings. The highest BCUT2D eigenvalue weighted by atomic mass is 16.3. The maximum absolute atomic E-state index is 11.2. The van der Waals surface area contributed by atoms with E-state index in [0.29, 0.717) is 0 Å². The van der Waals surface area contributed by atoms with Gasteiger partial charge in [0.1, 0.15) is 0 Å². The number of hydrogen-bond donors (Lipinski definition) is 1. The van der Waals surface area contributed by atoms with E-state index in [4.69, 9.17) is 5.73 Å². The van der Waals surface area contributed by atoms with E-state index in [9.17, 15) is 9.70 Å². The lowest BCUT2D eigenvalue weighted by Crippen LogP contribution is -2.36. The highest BCUT2D eigenvalue weighted by Gasteiger charge is 2.18. The van der Waals surface area contributed by atoms with Crippen LogP contribution in [-0.4, -0.2) is 18.4 Å². The Morgan fingerprint density at radius 3 is 2.58 bits per heavy atom. The number of Topliss-reactive ketones (excluding diaryl/α,β-unsaturated/α-hetero) is 1. The number of nitrogens with two attached hydrogens (primary N) is 1. The van der Waals surface area contributed by atoms with Gasteiger partial charge < -0.3 is 5.73 Å². The molecule has 4 heteroatoms. The summed E-state index contributed by atoms with van der Waals surface area (Å²) in [4.78, 5) is 20.9. The Labute approximate surface area is 72.5 Å². The van der Waals surface area contributed by atoms with Crippen molar-refractivity contribution >= 4 is 5.78 Å². The third-order valence-electron chi connectivity index (χ3n) is 2.08. The van der Waals surface area contributed by atoms with Gasteiger partial charge in [-0.05, 0) is 5.92 Å². The fourth-order valence-electron chi connectivity index (χ4n) is 0.894. The molecular weight excluding hydrogens is 156 g/mol. The molecule has 0 bridgehead atoms. The molecule has 0 saturated heterocycles. The Kier molecular flexibility index (Phi) is 5.45. The van der Waals surface area contributed by atoms with Crippen LogP contribution in [0.2, 0.25) is 0 Å². The molecule has 0 aromatic carbocycles. The molecule has 12 heavy (non-hydrogen) atoms. The van der Waals surface area contributed by atoms with Crippen molar-refractivity contribution in [2.75, 3.05) is 6.54 Å². The minimum Gasteiger partial charge on any atom is -0.321 e. The lowest BCUT2D eigenvalue weighted by atomic mass is 9.95. The maximum Gasteiger partial charge on any atom is 0.151 e. The first-order valence-corrected chi connectivity index (χ1v) is 4.20. The van der Waals surface area contributed by atoms with Gasteiger partial charge in [-0.3, -0.25) is 4.79 Å². The van der Waals surface area contributed by atoms with Gasteiger partial charge in [0.15, 0.2) is 5.78 Å². The molecule has 0 aromatic rings. The number of nitrogens with zero attached hydrogens (tertiary/aromatic N) is 1. The van der Waals surface area contributed by atoms with Crippen LogP contribution < -0.4 is 5.73 Å². The van der Waals surface area contributed by atoms with Crippen molar-refractivity contribution in [3.63, 3.8) is 0 Å². The van der Waals surface area contributed by atoms with Crippen LogP contribution in [0.1, 0.15) is 26.7 Å². The Bertz CT molecular complexity index is 159. The molecule has 0 heterocycles. The summed E-state index contributed by atoms with van der Waals surface area (Å²) < 4.78 is 0. The van der Waals surface area contributed by atoms with Crippen LogP contribution in [0.3, 0.4) is 0 Å².